The summed E-state index contributed by atoms with van der Waals surface area (Å²) in [5.74, 6) is 1.63. The Labute approximate surface area is 125 Å². The van der Waals surface area contributed by atoms with Gasteiger partial charge >= 0.3 is 0 Å². The van der Waals surface area contributed by atoms with Crippen LogP contribution in [0.1, 0.15) is 28.3 Å². The van der Waals surface area contributed by atoms with Crippen LogP contribution in [0.4, 0.5) is 0 Å². The van der Waals surface area contributed by atoms with E-state index < -0.39 is 10.8 Å². The molecule has 21 heavy (non-hydrogen) atoms. The Morgan fingerprint density at radius 1 is 1.29 bits per heavy atom. The van der Waals surface area contributed by atoms with Crippen molar-refractivity contribution in [2.45, 2.75) is 32.3 Å². The lowest BCUT2D eigenvalue weighted by molar-refractivity contribution is 0.392. The average Bonchev–Trinajstić information content (AvgIpc) is 2.97. The van der Waals surface area contributed by atoms with E-state index in [0.717, 1.165) is 33.9 Å². The van der Waals surface area contributed by atoms with Crippen molar-refractivity contribution in [1.29, 1.82) is 0 Å². The summed E-state index contributed by atoms with van der Waals surface area (Å²) in [5.41, 5.74) is 4.62. The van der Waals surface area contributed by atoms with E-state index in [1.807, 2.05) is 49.7 Å². The molecule has 3 heterocycles. The van der Waals surface area contributed by atoms with Crippen LogP contribution in [0.5, 0.6) is 0 Å². The molecule has 3 rings (SSSR count). The van der Waals surface area contributed by atoms with Crippen molar-refractivity contribution in [3.8, 4) is 0 Å². The number of hydrogen-bond donors (Lipinski definition) is 0. The molecule has 1 atom stereocenters. The molecule has 0 aliphatic carbocycles. The van der Waals surface area contributed by atoms with Crippen molar-refractivity contribution in [3.05, 3.63) is 52.8 Å². The third-order valence-corrected chi connectivity index (χ3v) is 4.75. The van der Waals surface area contributed by atoms with Gasteiger partial charge in [0.05, 0.1) is 22.9 Å². The van der Waals surface area contributed by atoms with Crippen molar-refractivity contribution in [1.82, 2.24) is 14.5 Å². The first-order valence-corrected chi connectivity index (χ1v) is 8.23. The van der Waals surface area contributed by atoms with Crippen molar-refractivity contribution in [2.75, 3.05) is 0 Å². The first-order valence-electron chi connectivity index (χ1n) is 6.74. The van der Waals surface area contributed by atoms with Crippen molar-refractivity contribution >= 4 is 16.4 Å². The molecule has 3 aromatic heterocycles. The van der Waals surface area contributed by atoms with Gasteiger partial charge in [0, 0.05) is 28.8 Å². The monoisotopic (exact) mass is 303 g/mol. The van der Waals surface area contributed by atoms with Gasteiger partial charge in [0.1, 0.15) is 11.4 Å². The summed E-state index contributed by atoms with van der Waals surface area (Å²) in [6, 6.07) is 4.00. The summed E-state index contributed by atoms with van der Waals surface area (Å²) in [5, 5.41) is 3.89. The minimum atomic E-state index is -1.03. The van der Waals surface area contributed by atoms with Gasteiger partial charge in [-0.25, -0.2) is 4.98 Å². The number of rotatable bonds is 4. The lowest BCUT2D eigenvalue weighted by Gasteiger charge is -1.99. The second kappa shape index (κ2) is 5.44. The molecular formula is C15H17N3O2S. The van der Waals surface area contributed by atoms with E-state index in [1.54, 1.807) is 0 Å². The van der Waals surface area contributed by atoms with E-state index in [0.29, 0.717) is 11.5 Å². The molecule has 5 nitrogen and oxygen atoms in total. The van der Waals surface area contributed by atoms with Gasteiger partial charge < -0.3 is 8.92 Å². The first kappa shape index (κ1) is 14.0. The van der Waals surface area contributed by atoms with E-state index in [4.69, 9.17) is 4.52 Å². The van der Waals surface area contributed by atoms with Gasteiger partial charge in [0.25, 0.3) is 0 Å². The van der Waals surface area contributed by atoms with E-state index in [1.165, 1.54) is 0 Å². The van der Waals surface area contributed by atoms with Gasteiger partial charge in [-0.15, -0.1) is 0 Å². The van der Waals surface area contributed by atoms with E-state index in [-0.39, 0.29) is 0 Å². The van der Waals surface area contributed by atoms with Crippen molar-refractivity contribution in [3.63, 3.8) is 0 Å². The lowest BCUT2D eigenvalue weighted by Crippen LogP contribution is -2.01. The highest BCUT2D eigenvalue weighted by Gasteiger charge is 2.14. The predicted octanol–water partition coefficient (Wildman–Crippen LogP) is 2.70. The molecule has 0 aliphatic heterocycles. The molecule has 0 unspecified atom stereocenters. The van der Waals surface area contributed by atoms with Crippen LogP contribution >= 0.6 is 0 Å². The van der Waals surface area contributed by atoms with Crippen LogP contribution in [0.15, 0.2) is 29.0 Å². The predicted molar refractivity (Wildman–Crippen MR) is 81.5 cm³/mol. The number of imidazole rings is 1. The molecule has 0 radical (unpaired) electrons. The second-order valence-electron chi connectivity index (χ2n) is 5.19. The zero-order valence-electron chi connectivity index (χ0n) is 12.3. The Bertz CT molecular complexity index is 800. The fraction of sp³-hybridized carbons (Fsp3) is 0.333. The van der Waals surface area contributed by atoms with Gasteiger partial charge in [0.15, 0.2) is 0 Å². The molecule has 3 aromatic rings. The van der Waals surface area contributed by atoms with Crippen LogP contribution in [0, 0.1) is 20.8 Å². The minimum Gasteiger partial charge on any atom is -0.361 e. The highest BCUT2D eigenvalue weighted by atomic mass is 32.2. The number of aromatic nitrogens is 3. The Kier molecular flexibility index (Phi) is 3.63. The maximum absolute atomic E-state index is 12.3. The van der Waals surface area contributed by atoms with Crippen LogP contribution in [0.2, 0.25) is 0 Å². The van der Waals surface area contributed by atoms with Gasteiger partial charge in [-0.05, 0) is 32.4 Å². The molecule has 0 bridgehead atoms. The number of hydrogen-bond acceptors (Lipinski definition) is 4. The van der Waals surface area contributed by atoms with E-state index in [9.17, 15) is 4.21 Å². The molecule has 0 aromatic carbocycles. The third-order valence-electron chi connectivity index (χ3n) is 3.52. The van der Waals surface area contributed by atoms with Gasteiger partial charge in [-0.1, -0.05) is 11.2 Å². The highest BCUT2D eigenvalue weighted by molar-refractivity contribution is 7.83. The minimum absolute atomic E-state index is 0.436. The quantitative estimate of drug-likeness (QED) is 0.743. The molecule has 0 spiro atoms. The fourth-order valence-corrected chi connectivity index (χ4v) is 3.66. The standard InChI is InChI=1S/C15H17N3O2S/c1-10-5-4-6-18-7-13(16-15(10)18)8-21(19)9-14-11(2)17-20-12(14)3/h4-7H,8-9H2,1-3H3/t21-/m0/s1. The van der Waals surface area contributed by atoms with Gasteiger partial charge in [-0.3, -0.25) is 4.21 Å². The normalized spacial score (nSPS) is 12.9. The Morgan fingerprint density at radius 3 is 2.76 bits per heavy atom. The summed E-state index contributed by atoms with van der Waals surface area (Å²) in [7, 11) is -1.03. The van der Waals surface area contributed by atoms with Crippen LogP contribution in [-0.4, -0.2) is 18.8 Å². The average molecular weight is 303 g/mol. The van der Waals surface area contributed by atoms with E-state index >= 15 is 0 Å². The molecule has 0 N–H and O–H groups in total. The van der Waals surface area contributed by atoms with Crippen LogP contribution in [0.25, 0.3) is 5.65 Å². The largest absolute Gasteiger partial charge is 0.361 e. The molecule has 0 saturated carbocycles. The van der Waals surface area contributed by atoms with Crippen molar-refractivity contribution < 1.29 is 8.73 Å². The Hall–Kier alpha value is -1.95. The molecule has 0 amide bonds. The first-order chi connectivity index (χ1) is 10.0. The third kappa shape index (κ3) is 2.76. The van der Waals surface area contributed by atoms with Crippen LogP contribution in [-0.2, 0) is 22.3 Å². The summed E-state index contributed by atoms with van der Waals surface area (Å²) in [6.45, 7) is 5.74. The second-order valence-corrected chi connectivity index (χ2v) is 6.64. The molecule has 110 valence electrons. The molecule has 0 fully saturated rings. The molecule has 0 aliphatic rings. The van der Waals surface area contributed by atoms with Crippen LogP contribution < -0.4 is 0 Å². The van der Waals surface area contributed by atoms with E-state index in [2.05, 4.69) is 10.1 Å². The summed E-state index contributed by atoms with van der Waals surface area (Å²) < 4.78 is 19.4. The Balaban J connectivity index is 1.79. The zero-order valence-corrected chi connectivity index (χ0v) is 13.1. The maximum atomic E-state index is 12.3. The fourth-order valence-electron chi connectivity index (χ4n) is 2.36. The molecule has 6 heteroatoms. The molecule has 0 saturated heterocycles. The Morgan fingerprint density at radius 2 is 2.10 bits per heavy atom. The topological polar surface area (TPSA) is 60.4 Å². The zero-order chi connectivity index (χ0) is 15.0. The number of nitrogens with zero attached hydrogens (tertiary/aromatic N) is 3. The number of aryl methyl sites for hydroxylation is 3. The molecular weight excluding hydrogens is 286 g/mol. The smallest absolute Gasteiger partial charge is 0.139 e. The van der Waals surface area contributed by atoms with Gasteiger partial charge in [-0.2, -0.15) is 0 Å². The summed E-state index contributed by atoms with van der Waals surface area (Å²) in [6.07, 6.45) is 3.89. The van der Waals surface area contributed by atoms with Crippen LogP contribution in [0.3, 0.4) is 0 Å². The highest BCUT2D eigenvalue weighted by Crippen LogP contribution is 2.17. The summed E-state index contributed by atoms with van der Waals surface area (Å²) in [4.78, 5) is 4.56. The lowest BCUT2D eigenvalue weighted by atomic mass is 10.2. The van der Waals surface area contributed by atoms with Gasteiger partial charge in [0.2, 0.25) is 0 Å². The number of fused-ring (bicyclic) bond motifs is 1. The number of pyridine rings is 1. The summed E-state index contributed by atoms with van der Waals surface area (Å²) >= 11 is 0. The SMILES string of the molecule is Cc1noc(C)c1C[S@@](=O)Cc1cn2cccc(C)c2n1. The van der Waals surface area contributed by atoms with Crippen molar-refractivity contribution in [2.24, 2.45) is 0 Å². The maximum Gasteiger partial charge on any atom is 0.139 e.